The van der Waals surface area contributed by atoms with Gasteiger partial charge in [-0.3, -0.25) is 4.79 Å². The molecule has 0 amide bonds. The minimum absolute atomic E-state index is 0.0612. The number of rotatable bonds is 7. The number of ether oxygens (including phenoxy) is 1. The lowest BCUT2D eigenvalue weighted by atomic mass is 9.96. The quantitative estimate of drug-likeness (QED) is 0.760. The molecule has 0 heterocycles. The van der Waals surface area contributed by atoms with Crippen LogP contribution in [0.1, 0.15) is 31.2 Å². The molecule has 17 heavy (non-hydrogen) atoms. The number of carboxylic acids is 1. The van der Waals surface area contributed by atoms with E-state index in [1.807, 2.05) is 31.2 Å². The molecular weight excluding hydrogens is 218 g/mol. The van der Waals surface area contributed by atoms with Crippen LogP contribution in [0.25, 0.3) is 0 Å². The maximum absolute atomic E-state index is 10.7. The van der Waals surface area contributed by atoms with Crippen molar-refractivity contribution in [3.63, 3.8) is 0 Å². The summed E-state index contributed by atoms with van der Waals surface area (Å²) in [7, 11) is 0. The zero-order valence-electron chi connectivity index (χ0n) is 10.1. The Bertz CT molecular complexity index is 348. The topological polar surface area (TPSA) is 72.5 Å². The maximum atomic E-state index is 10.7. The average Bonchev–Trinajstić information content (AvgIpc) is 2.34. The summed E-state index contributed by atoms with van der Waals surface area (Å²) >= 11 is 0. The second-order valence-corrected chi connectivity index (χ2v) is 3.95. The van der Waals surface area contributed by atoms with Gasteiger partial charge in [0.05, 0.1) is 13.0 Å². The fourth-order valence-corrected chi connectivity index (χ4v) is 1.60. The lowest BCUT2D eigenvalue weighted by Crippen LogP contribution is -2.16. The predicted molar refractivity (Wildman–Crippen MR) is 66.3 cm³/mol. The molecular formula is C13H19NO3. The van der Waals surface area contributed by atoms with Crippen molar-refractivity contribution in [1.29, 1.82) is 0 Å². The molecule has 1 atom stereocenters. The smallest absolute Gasteiger partial charge is 0.304 e. The van der Waals surface area contributed by atoms with Crippen molar-refractivity contribution < 1.29 is 14.6 Å². The van der Waals surface area contributed by atoms with Crippen LogP contribution >= 0.6 is 0 Å². The van der Waals surface area contributed by atoms with Gasteiger partial charge in [-0.1, -0.05) is 19.1 Å². The highest BCUT2D eigenvalue weighted by atomic mass is 16.5. The molecule has 0 aliphatic rings. The summed E-state index contributed by atoms with van der Waals surface area (Å²) in [6, 6.07) is 7.47. The van der Waals surface area contributed by atoms with Crippen LogP contribution in [0.2, 0.25) is 0 Å². The summed E-state index contributed by atoms with van der Waals surface area (Å²) in [5, 5.41) is 8.77. The minimum Gasteiger partial charge on any atom is -0.494 e. The highest BCUT2D eigenvalue weighted by Crippen LogP contribution is 2.21. The number of carboxylic acid groups (broad SMARTS) is 1. The maximum Gasteiger partial charge on any atom is 0.304 e. The van der Waals surface area contributed by atoms with E-state index in [9.17, 15) is 4.79 Å². The zero-order chi connectivity index (χ0) is 12.7. The first-order valence-electron chi connectivity index (χ1n) is 5.82. The molecule has 4 heteroatoms. The van der Waals surface area contributed by atoms with Crippen LogP contribution < -0.4 is 10.5 Å². The largest absolute Gasteiger partial charge is 0.494 e. The Balaban J connectivity index is 2.67. The molecule has 3 N–H and O–H groups in total. The van der Waals surface area contributed by atoms with Gasteiger partial charge in [0.25, 0.3) is 0 Å². The molecule has 1 aromatic rings. The van der Waals surface area contributed by atoms with Gasteiger partial charge in [-0.2, -0.15) is 0 Å². The van der Waals surface area contributed by atoms with E-state index in [0.717, 1.165) is 17.7 Å². The monoisotopic (exact) mass is 237 g/mol. The van der Waals surface area contributed by atoms with Crippen molar-refractivity contribution in [3.05, 3.63) is 29.8 Å². The Hall–Kier alpha value is -1.55. The van der Waals surface area contributed by atoms with Gasteiger partial charge >= 0.3 is 5.97 Å². The third kappa shape index (κ3) is 4.44. The van der Waals surface area contributed by atoms with Crippen LogP contribution in [0.3, 0.4) is 0 Å². The molecule has 0 aliphatic heterocycles. The van der Waals surface area contributed by atoms with Gasteiger partial charge < -0.3 is 15.6 Å². The molecule has 1 rings (SSSR count). The van der Waals surface area contributed by atoms with Crippen LogP contribution in [-0.2, 0) is 4.79 Å². The van der Waals surface area contributed by atoms with Crippen LogP contribution in [0.4, 0.5) is 0 Å². The molecule has 0 aliphatic carbocycles. The van der Waals surface area contributed by atoms with E-state index in [0.29, 0.717) is 13.2 Å². The SMILES string of the molecule is CCCOc1ccc(C(CN)CC(=O)O)cc1. The third-order valence-electron chi connectivity index (χ3n) is 2.53. The van der Waals surface area contributed by atoms with E-state index in [4.69, 9.17) is 15.6 Å². The summed E-state index contributed by atoms with van der Waals surface area (Å²) in [5.41, 5.74) is 6.52. The van der Waals surface area contributed by atoms with Crippen molar-refractivity contribution in [2.75, 3.05) is 13.2 Å². The summed E-state index contributed by atoms with van der Waals surface area (Å²) in [5.74, 6) is -0.152. The van der Waals surface area contributed by atoms with E-state index in [1.54, 1.807) is 0 Å². The molecule has 0 radical (unpaired) electrons. The molecule has 0 bridgehead atoms. The van der Waals surface area contributed by atoms with Crippen LogP contribution in [-0.4, -0.2) is 24.2 Å². The second-order valence-electron chi connectivity index (χ2n) is 3.95. The Labute approximate surface area is 101 Å². The van der Waals surface area contributed by atoms with Crippen molar-refractivity contribution in [1.82, 2.24) is 0 Å². The summed E-state index contributed by atoms with van der Waals surface area (Å²) in [6.45, 7) is 3.07. The van der Waals surface area contributed by atoms with Gasteiger partial charge in [0.2, 0.25) is 0 Å². The molecule has 0 aromatic heterocycles. The molecule has 4 nitrogen and oxygen atoms in total. The minimum atomic E-state index is -0.827. The first-order chi connectivity index (χ1) is 8.17. The lowest BCUT2D eigenvalue weighted by molar-refractivity contribution is -0.137. The van der Waals surface area contributed by atoms with E-state index in [1.165, 1.54) is 0 Å². The van der Waals surface area contributed by atoms with E-state index in [2.05, 4.69) is 0 Å². The van der Waals surface area contributed by atoms with Gasteiger partial charge in [0, 0.05) is 5.92 Å². The molecule has 0 saturated heterocycles. The Morgan fingerprint density at radius 1 is 1.41 bits per heavy atom. The number of aliphatic carboxylic acids is 1. The third-order valence-corrected chi connectivity index (χ3v) is 2.53. The first-order valence-corrected chi connectivity index (χ1v) is 5.82. The van der Waals surface area contributed by atoms with Crippen LogP contribution in [0, 0.1) is 0 Å². The number of hydrogen-bond donors (Lipinski definition) is 2. The molecule has 0 saturated carbocycles. The van der Waals surface area contributed by atoms with Gasteiger partial charge in [0.1, 0.15) is 5.75 Å². The van der Waals surface area contributed by atoms with Crippen molar-refractivity contribution >= 4 is 5.97 Å². The number of hydrogen-bond acceptors (Lipinski definition) is 3. The molecule has 1 aromatic carbocycles. The first kappa shape index (κ1) is 13.5. The number of carbonyl (C=O) groups is 1. The van der Waals surface area contributed by atoms with E-state index >= 15 is 0 Å². The zero-order valence-corrected chi connectivity index (χ0v) is 10.1. The summed E-state index contributed by atoms with van der Waals surface area (Å²) in [6.07, 6.45) is 1.03. The molecule has 0 fully saturated rings. The van der Waals surface area contributed by atoms with Gasteiger partial charge in [0.15, 0.2) is 0 Å². The normalized spacial score (nSPS) is 12.1. The van der Waals surface area contributed by atoms with E-state index in [-0.39, 0.29) is 12.3 Å². The summed E-state index contributed by atoms with van der Waals surface area (Å²) < 4.78 is 5.46. The highest BCUT2D eigenvalue weighted by Gasteiger charge is 2.13. The highest BCUT2D eigenvalue weighted by molar-refractivity contribution is 5.68. The number of nitrogens with two attached hydrogens (primary N) is 1. The Kier molecular flexibility index (Phi) is 5.49. The molecule has 1 unspecified atom stereocenters. The van der Waals surface area contributed by atoms with E-state index < -0.39 is 5.97 Å². The Morgan fingerprint density at radius 3 is 2.53 bits per heavy atom. The van der Waals surface area contributed by atoms with Gasteiger partial charge in [-0.25, -0.2) is 0 Å². The standard InChI is InChI=1S/C13H19NO3/c1-2-7-17-12-5-3-10(4-6-12)11(9-14)8-13(15)16/h3-6,11H,2,7-9,14H2,1H3,(H,15,16). The molecule has 94 valence electrons. The number of benzene rings is 1. The summed E-state index contributed by atoms with van der Waals surface area (Å²) in [4.78, 5) is 10.7. The fourth-order valence-electron chi connectivity index (χ4n) is 1.60. The van der Waals surface area contributed by atoms with Gasteiger partial charge in [-0.15, -0.1) is 0 Å². The van der Waals surface area contributed by atoms with Crippen molar-refractivity contribution in [3.8, 4) is 5.75 Å². The second kappa shape index (κ2) is 6.91. The van der Waals surface area contributed by atoms with Crippen LogP contribution in [0.5, 0.6) is 5.75 Å². The average molecular weight is 237 g/mol. The Morgan fingerprint density at radius 2 is 2.06 bits per heavy atom. The predicted octanol–water partition coefficient (Wildman–Crippen LogP) is 1.99. The lowest BCUT2D eigenvalue weighted by Gasteiger charge is -2.13. The molecule has 0 spiro atoms. The van der Waals surface area contributed by atoms with Crippen molar-refractivity contribution in [2.24, 2.45) is 5.73 Å². The fraction of sp³-hybridized carbons (Fsp3) is 0.462. The van der Waals surface area contributed by atoms with Crippen molar-refractivity contribution in [2.45, 2.75) is 25.7 Å². The van der Waals surface area contributed by atoms with Crippen LogP contribution in [0.15, 0.2) is 24.3 Å². The van der Waals surface area contributed by atoms with Gasteiger partial charge in [-0.05, 0) is 30.7 Å².